The first-order valence-electron chi connectivity index (χ1n) is 4.94. The number of hydrogen-bond donors (Lipinski definition) is 0. The third-order valence-electron chi connectivity index (χ3n) is 2.02. The minimum absolute atomic E-state index is 0.339. The molecule has 0 fully saturated rings. The number of esters is 1. The molecule has 0 saturated heterocycles. The summed E-state index contributed by atoms with van der Waals surface area (Å²) in [5.41, 5.74) is 1.66. The normalized spacial score (nSPS) is 9.56. The summed E-state index contributed by atoms with van der Waals surface area (Å²) in [7, 11) is 0. The van der Waals surface area contributed by atoms with Gasteiger partial charge in [-0.2, -0.15) is 0 Å². The number of carbonyl (C=O) groups is 1. The Morgan fingerprint density at radius 1 is 1.38 bits per heavy atom. The SMILES string of the molecule is C=C(Cc1ccc(N=O)cc1)C(=O)OCC. The maximum absolute atomic E-state index is 11.3. The molecule has 0 heterocycles. The molecular formula is C12H13NO3. The number of nitroso groups, excluding NO2 is 1. The van der Waals surface area contributed by atoms with E-state index >= 15 is 0 Å². The van der Waals surface area contributed by atoms with Gasteiger partial charge in [-0.05, 0) is 29.8 Å². The molecule has 0 atom stereocenters. The van der Waals surface area contributed by atoms with E-state index in [0.29, 0.717) is 24.3 Å². The lowest BCUT2D eigenvalue weighted by Gasteiger charge is -2.05. The van der Waals surface area contributed by atoms with Crippen LogP contribution in [0.5, 0.6) is 0 Å². The molecule has 16 heavy (non-hydrogen) atoms. The molecule has 0 saturated carbocycles. The van der Waals surface area contributed by atoms with Crippen LogP contribution in [0.4, 0.5) is 5.69 Å². The molecule has 4 heteroatoms. The quantitative estimate of drug-likeness (QED) is 0.434. The van der Waals surface area contributed by atoms with Gasteiger partial charge in [0.05, 0.1) is 6.61 Å². The van der Waals surface area contributed by atoms with Crippen LogP contribution in [0, 0.1) is 4.91 Å². The van der Waals surface area contributed by atoms with Crippen molar-refractivity contribution in [2.24, 2.45) is 5.18 Å². The van der Waals surface area contributed by atoms with Crippen molar-refractivity contribution in [3.8, 4) is 0 Å². The van der Waals surface area contributed by atoms with E-state index < -0.39 is 0 Å². The molecule has 0 aromatic heterocycles. The average molecular weight is 219 g/mol. The van der Waals surface area contributed by atoms with Gasteiger partial charge in [-0.3, -0.25) is 0 Å². The summed E-state index contributed by atoms with van der Waals surface area (Å²) in [6.07, 6.45) is 0.415. The van der Waals surface area contributed by atoms with Crippen molar-refractivity contribution in [3.05, 3.63) is 46.9 Å². The van der Waals surface area contributed by atoms with Crippen LogP contribution in [-0.2, 0) is 16.0 Å². The van der Waals surface area contributed by atoms with Crippen molar-refractivity contribution in [2.45, 2.75) is 13.3 Å². The maximum atomic E-state index is 11.3. The fourth-order valence-electron chi connectivity index (χ4n) is 1.23. The Morgan fingerprint density at radius 2 is 2.00 bits per heavy atom. The molecule has 0 aliphatic carbocycles. The molecule has 84 valence electrons. The van der Waals surface area contributed by atoms with Gasteiger partial charge < -0.3 is 4.74 Å². The van der Waals surface area contributed by atoms with Crippen molar-refractivity contribution in [1.29, 1.82) is 0 Å². The second-order valence-electron chi connectivity index (χ2n) is 3.26. The molecule has 0 aliphatic rings. The standard InChI is InChI=1S/C12H13NO3/c1-3-16-12(14)9(2)8-10-4-6-11(13-15)7-5-10/h4-7H,2-3,8H2,1H3. The molecule has 1 aromatic rings. The van der Waals surface area contributed by atoms with E-state index in [1.165, 1.54) is 0 Å². The van der Waals surface area contributed by atoms with Crippen molar-refractivity contribution in [3.63, 3.8) is 0 Å². The highest BCUT2D eigenvalue weighted by molar-refractivity contribution is 5.88. The minimum Gasteiger partial charge on any atom is -0.463 e. The summed E-state index contributed by atoms with van der Waals surface area (Å²) in [6.45, 7) is 5.74. The largest absolute Gasteiger partial charge is 0.463 e. The lowest BCUT2D eigenvalue weighted by Crippen LogP contribution is -2.08. The smallest absolute Gasteiger partial charge is 0.333 e. The van der Waals surface area contributed by atoms with Crippen molar-refractivity contribution in [2.75, 3.05) is 6.61 Å². The fourth-order valence-corrected chi connectivity index (χ4v) is 1.23. The molecule has 1 aromatic carbocycles. The van der Waals surface area contributed by atoms with E-state index in [-0.39, 0.29) is 5.97 Å². The number of carbonyl (C=O) groups excluding carboxylic acids is 1. The highest BCUT2D eigenvalue weighted by atomic mass is 16.5. The first-order chi connectivity index (χ1) is 7.67. The average Bonchev–Trinajstić information content (AvgIpc) is 2.30. The summed E-state index contributed by atoms with van der Waals surface area (Å²) < 4.78 is 4.81. The summed E-state index contributed by atoms with van der Waals surface area (Å²) in [5, 5.41) is 2.79. The maximum Gasteiger partial charge on any atom is 0.333 e. The highest BCUT2D eigenvalue weighted by Crippen LogP contribution is 2.14. The van der Waals surface area contributed by atoms with Crippen LogP contribution in [0.25, 0.3) is 0 Å². The van der Waals surface area contributed by atoms with E-state index in [1.807, 2.05) is 0 Å². The van der Waals surface area contributed by atoms with Gasteiger partial charge in [0.15, 0.2) is 0 Å². The second kappa shape index (κ2) is 5.80. The summed E-state index contributed by atoms with van der Waals surface area (Å²) in [4.78, 5) is 21.5. The predicted molar refractivity (Wildman–Crippen MR) is 61.4 cm³/mol. The van der Waals surface area contributed by atoms with Crippen LogP contribution >= 0.6 is 0 Å². The first-order valence-corrected chi connectivity index (χ1v) is 4.94. The Hall–Kier alpha value is -1.97. The predicted octanol–water partition coefficient (Wildman–Crippen LogP) is 2.75. The number of ether oxygens (including phenoxy) is 1. The van der Waals surface area contributed by atoms with Gasteiger partial charge in [0.1, 0.15) is 5.69 Å². The molecule has 1 rings (SSSR count). The van der Waals surface area contributed by atoms with Crippen LogP contribution in [0.1, 0.15) is 12.5 Å². The van der Waals surface area contributed by atoms with Gasteiger partial charge in [-0.25, -0.2) is 4.79 Å². The van der Waals surface area contributed by atoms with Crippen LogP contribution in [0.2, 0.25) is 0 Å². The fraction of sp³-hybridized carbons (Fsp3) is 0.250. The Balaban J connectivity index is 2.62. The summed E-state index contributed by atoms with van der Waals surface area (Å²) in [5.74, 6) is -0.389. The number of hydrogen-bond acceptors (Lipinski definition) is 4. The van der Waals surface area contributed by atoms with Gasteiger partial charge in [-0.1, -0.05) is 18.7 Å². The van der Waals surface area contributed by atoms with Crippen molar-refractivity contribution in [1.82, 2.24) is 0 Å². The lowest BCUT2D eigenvalue weighted by molar-refractivity contribution is -0.138. The molecule has 0 amide bonds. The van der Waals surface area contributed by atoms with Crippen LogP contribution in [0.15, 0.2) is 41.6 Å². The number of nitrogens with zero attached hydrogens (tertiary/aromatic N) is 1. The van der Waals surface area contributed by atoms with E-state index in [0.717, 1.165) is 5.56 Å². The van der Waals surface area contributed by atoms with E-state index in [1.54, 1.807) is 31.2 Å². The van der Waals surface area contributed by atoms with E-state index in [9.17, 15) is 9.70 Å². The molecule has 0 radical (unpaired) electrons. The highest BCUT2D eigenvalue weighted by Gasteiger charge is 2.08. The van der Waals surface area contributed by atoms with Crippen molar-refractivity contribution < 1.29 is 9.53 Å². The van der Waals surface area contributed by atoms with Crippen LogP contribution in [-0.4, -0.2) is 12.6 Å². The Labute approximate surface area is 93.9 Å². The zero-order valence-corrected chi connectivity index (χ0v) is 9.10. The summed E-state index contributed by atoms with van der Waals surface area (Å²) >= 11 is 0. The van der Waals surface area contributed by atoms with E-state index in [4.69, 9.17) is 4.74 Å². The molecule has 4 nitrogen and oxygen atoms in total. The first kappa shape index (κ1) is 12.1. The Morgan fingerprint density at radius 3 is 2.50 bits per heavy atom. The van der Waals surface area contributed by atoms with Gasteiger partial charge in [-0.15, -0.1) is 4.91 Å². The van der Waals surface area contributed by atoms with Crippen LogP contribution in [0.3, 0.4) is 0 Å². The Bertz CT molecular complexity index is 395. The zero-order valence-electron chi connectivity index (χ0n) is 9.10. The van der Waals surface area contributed by atoms with E-state index in [2.05, 4.69) is 11.8 Å². The van der Waals surface area contributed by atoms with Gasteiger partial charge in [0.2, 0.25) is 0 Å². The second-order valence-corrected chi connectivity index (χ2v) is 3.26. The van der Waals surface area contributed by atoms with Crippen molar-refractivity contribution >= 4 is 11.7 Å². The number of rotatable bonds is 5. The van der Waals surface area contributed by atoms with Gasteiger partial charge in [0.25, 0.3) is 0 Å². The lowest BCUT2D eigenvalue weighted by atomic mass is 10.1. The molecule has 0 aliphatic heterocycles. The monoisotopic (exact) mass is 219 g/mol. The molecule has 0 bridgehead atoms. The van der Waals surface area contributed by atoms with Gasteiger partial charge >= 0.3 is 5.97 Å². The molecular weight excluding hydrogens is 206 g/mol. The molecule has 0 unspecified atom stereocenters. The Kier molecular flexibility index (Phi) is 4.39. The minimum atomic E-state index is -0.389. The third kappa shape index (κ3) is 3.31. The topological polar surface area (TPSA) is 55.7 Å². The molecule has 0 spiro atoms. The zero-order chi connectivity index (χ0) is 12.0. The summed E-state index contributed by atoms with van der Waals surface area (Å²) in [6, 6.07) is 6.67. The van der Waals surface area contributed by atoms with Crippen LogP contribution < -0.4 is 0 Å². The molecule has 0 N–H and O–H groups in total. The number of benzene rings is 1. The van der Waals surface area contributed by atoms with Gasteiger partial charge in [0, 0.05) is 12.0 Å². The third-order valence-corrected chi connectivity index (χ3v) is 2.02.